The topological polar surface area (TPSA) is 138 Å². The summed E-state index contributed by atoms with van der Waals surface area (Å²) >= 11 is 0. The van der Waals surface area contributed by atoms with Crippen molar-refractivity contribution in [2.45, 2.75) is 26.1 Å². The zero-order valence-corrected chi connectivity index (χ0v) is 13.1. The molecule has 10 heteroatoms. The highest BCUT2D eigenvalue weighted by atomic mass is 16.6. The van der Waals surface area contributed by atoms with E-state index in [-0.39, 0.29) is 13.2 Å². The molecule has 10 nitrogen and oxygen atoms in total. The molecule has 1 N–H and O–H groups in total. The SMILES string of the molecule is C1CO1.CC1OC(=O)C(C)OC1=O.CO.O=C1COC(=O)CO1. The van der Waals surface area contributed by atoms with E-state index >= 15 is 0 Å². The summed E-state index contributed by atoms with van der Waals surface area (Å²) < 4.78 is 22.2. The van der Waals surface area contributed by atoms with Gasteiger partial charge in [0.2, 0.25) is 0 Å². The van der Waals surface area contributed by atoms with E-state index in [2.05, 4.69) is 23.7 Å². The molecule has 3 aliphatic rings. The van der Waals surface area contributed by atoms with Crippen LogP contribution in [0.1, 0.15) is 13.8 Å². The summed E-state index contributed by atoms with van der Waals surface area (Å²) in [6.45, 7) is 4.48. The van der Waals surface area contributed by atoms with E-state index in [1.165, 1.54) is 13.8 Å². The van der Waals surface area contributed by atoms with Crippen LogP contribution in [0.25, 0.3) is 0 Å². The molecule has 2 unspecified atom stereocenters. The summed E-state index contributed by atoms with van der Waals surface area (Å²) in [6.07, 6.45) is -1.49. The van der Waals surface area contributed by atoms with Gasteiger partial charge in [-0.05, 0) is 13.8 Å². The molecule has 3 rings (SSSR count). The number of ether oxygens (including phenoxy) is 5. The lowest BCUT2D eigenvalue weighted by Crippen LogP contribution is -2.40. The molecule has 0 amide bonds. The number of rotatable bonds is 0. The van der Waals surface area contributed by atoms with Crippen molar-refractivity contribution in [1.29, 1.82) is 0 Å². The van der Waals surface area contributed by atoms with E-state index in [0.29, 0.717) is 0 Å². The molecule has 0 aliphatic carbocycles. The Morgan fingerprint density at radius 2 is 1.09 bits per heavy atom. The lowest BCUT2D eigenvalue weighted by molar-refractivity contribution is -0.191. The fourth-order valence-electron chi connectivity index (χ4n) is 0.998. The number of aliphatic hydroxyl groups is 1. The highest BCUT2D eigenvalue weighted by molar-refractivity contribution is 5.86. The van der Waals surface area contributed by atoms with Crippen molar-refractivity contribution in [2.75, 3.05) is 33.5 Å². The van der Waals surface area contributed by atoms with Crippen molar-refractivity contribution in [3.8, 4) is 0 Å². The van der Waals surface area contributed by atoms with Crippen LogP contribution < -0.4 is 0 Å². The number of carbonyl (C=O) groups excluding carboxylic acids is 4. The van der Waals surface area contributed by atoms with E-state index in [1.54, 1.807) is 0 Å². The van der Waals surface area contributed by atoms with Crippen LogP contribution in [0.2, 0.25) is 0 Å². The third-order valence-corrected chi connectivity index (χ3v) is 2.16. The molecule has 0 aromatic heterocycles. The maximum Gasteiger partial charge on any atom is 0.347 e. The predicted octanol–water partition coefficient (Wildman–Crippen LogP) is -1.43. The first-order valence-corrected chi connectivity index (χ1v) is 6.65. The number of esters is 4. The lowest BCUT2D eigenvalue weighted by atomic mass is 10.3. The smallest absolute Gasteiger partial charge is 0.347 e. The van der Waals surface area contributed by atoms with Gasteiger partial charge >= 0.3 is 23.9 Å². The number of cyclic esters (lactones) is 4. The summed E-state index contributed by atoms with van der Waals surface area (Å²) in [5.74, 6) is -1.92. The first-order valence-electron chi connectivity index (χ1n) is 6.65. The quantitative estimate of drug-likeness (QED) is 0.318. The second-order valence-electron chi connectivity index (χ2n) is 4.09. The van der Waals surface area contributed by atoms with Gasteiger partial charge in [0.25, 0.3) is 0 Å². The van der Waals surface area contributed by atoms with Gasteiger partial charge in [-0.3, -0.25) is 0 Å². The van der Waals surface area contributed by atoms with Gasteiger partial charge in [-0.1, -0.05) is 0 Å². The van der Waals surface area contributed by atoms with Gasteiger partial charge in [0, 0.05) is 7.11 Å². The summed E-state index contributed by atoms with van der Waals surface area (Å²) in [7, 11) is 1.00. The molecule has 0 saturated carbocycles. The Kier molecular flexibility index (Phi) is 10.3. The molecule has 0 radical (unpaired) electrons. The number of epoxide rings is 1. The average molecular weight is 336 g/mol. The fraction of sp³-hybridized carbons (Fsp3) is 0.692. The highest BCUT2D eigenvalue weighted by Crippen LogP contribution is 2.08. The molecule has 2 atom stereocenters. The van der Waals surface area contributed by atoms with Crippen molar-refractivity contribution in [3.05, 3.63) is 0 Å². The van der Waals surface area contributed by atoms with Crippen molar-refractivity contribution >= 4 is 23.9 Å². The van der Waals surface area contributed by atoms with Crippen LogP contribution >= 0.6 is 0 Å². The van der Waals surface area contributed by atoms with Gasteiger partial charge in [-0.15, -0.1) is 0 Å². The summed E-state index contributed by atoms with van der Waals surface area (Å²) in [5.41, 5.74) is 0. The molecule has 0 spiro atoms. The average Bonchev–Trinajstić information content (AvgIpc) is 3.40. The first-order chi connectivity index (χ1) is 10.9. The van der Waals surface area contributed by atoms with Crippen LogP contribution in [-0.2, 0) is 42.9 Å². The minimum atomic E-state index is -0.747. The van der Waals surface area contributed by atoms with E-state index in [0.717, 1.165) is 20.3 Å². The van der Waals surface area contributed by atoms with Gasteiger partial charge in [-0.25, -0.2) is 19.2 Å². The Balaban J connectivity index is 0.000000330. The summed E-state index contributed by atoms with van der Waals surface area (Å²) in [4.78, 5) is 41.5. The Morgan fingerprint density at radius 1 is 0.783 bits per heavy atom. The zero-order chi connectivity index (χ0) is 17.8. The molecule has 23 heavy (non-hydrogen) atoms. The second kappa shape index (κ2) is 11.4. The molecular formula is C13H20O10. The Hall–Kier alpha value is -2.20. The Morgan fingerprint density at radius 3 is 1.30 bits per heavy atom. The molecule has 0 aromatic rings. The summed E-state index contributed by atoms with van der Waals surface area (Å²) in [5, 5.41) is 7.00. The van der Waals surface area contributed by atoms with Crippen LogP contribution in [0.15, 0.2) is 0 Å². The molecular weight excluding hydrogens is 316 g/mol. The van der Waals surface area contributed by atoms with E-state index < -0.39 is 36.1 Å². The monoisotopic (exact) mass is 336 g/mol. The third-order valence-electron chi connectivity index (χ3n) is 2.16. The second-order valence-corrected chi connectivity index (χ2v) is 4.09. The van der Waals surface area contributed by atoms with Gasteiger partial charge in [0.15, 0.2) is 25.4 Å². The number of aliphatic hydroxyl groups excluding tert-OH is 1. The molecule has 3 saturated heterocycles. The van der Waals surface area contributed by atoms with Crippen LogP contribution in [0.3, 0.4) is 0 Å². The van der Waals surface area contributed by atoms with Gasteiger partial charge in [0.05, 0.1) is 13.2 Å². The number of hydrogen-bond acceptors (Lipinski definition) is 10. The van der Waals surface area contributed by atoms with Crippen molar-refractivity contribution in [1.82, 2.24) is 0 Å². The molecule has 0 bridgehead atoms. The largest absolute Gasteiger partial charge is 0.451 e. The normalized spacial score (nSPS) is 24.5. The number of hydrogen-bond donors (Lipinski definition) is 1. The first kappa shape index (κ1) is 20.8. The van der Waals surface area contributed by atoms with Gasteiger partial charge in [-0.2, -0.15) is 0 Å². The Labute approximate surface area is 132 Å². The van der Waals surface area contributed by atoms with Crippen molar-refractivity contribution < 1.29 is 48.0 Å². The van der Waals surface area contributed by atoms with Crippen molar-refractivity contribution in [2.24, 2.45) is 0 Å². The minimum Gasteiger partial charge on any atom is -0.451 e. The van der Waals surface area contributed by atoms with Crippen LogP contribution in [-0.4, -0.2) is 74.7 Å². The van der Waals surface area contributed by atoms with E-state index in [9.17, 15) is 19.2 Å². The highest BCUT2D eigenvalue weighted by Gasteiger charge is 2.32. The van der Waals surface area contributed by atoms with Crippen molar-refractivity contribution in [3.63, 3.8) is 0 Å². The van der Waals surface area contributed by atoms with Gasteiger partial charge in [0.1, 0.15) is 0 Å². The number of carbonyl (C=O) groups is 4. The third kappa shape index (κ3) is 10.2. The Bertz CT molecular complexity index is 366. The van der Waals surface area contributed by atoms with Gasteiger partial charge < -0.3 is 28.8 Å². The van der Waals surface area contributed by atoms with Crippen LogP contribution in [0.5, 0.6) is 0 Å². The molecule has 132 valence electrons. The predicted molar refractivity (Wildman–Crippen MR) is 72.0 cm³/mol. The molecule has 0 aromatic carbocycles. The fourth-order valence-corrected chi connectivity index (χ4v) is 0.998. The summed E-state index contributed by atoms with van der Waals surface area (Å²) in [6, 6.07) is 0. The van der Waals surface area contributed by atoms with E-state index in [4.69, 9.17) is 5.11 Å². The minimum absolute atomic E-state index is 0.237. The van der Waals surface area contributed by atoms with E-state index in [1.807, 2.05) is 0 Å². The molecule has 3 aliphatic heterocycles. The molecule has 3 fully saturated rings. The maximum absolute atomic E-state index is 10.7. The zero-order valence-electron chi connectivity index (χ0n) is 13.1. The van der Waals surface area contributed by atoms with Crippen LogP contribution in [0.4, 0.5) is 0 Å². The van der Waals surface area contributed by atoms with Crippen LogP contribution in [0, 0.1) is 0 Å². The lowest BCUT2D eigenvalue weighted by Gasteiger charge is -2.22. The maximum atomic E-state index is 10.7. The standard InChI is InChI=1S/C6H8O4.C4H4O4.C2H4O.CH4O/c1-3-5(7)10-4(2)6(8)9-3;5-3-1-7-4(6)2-8-3;1-2-3-1;1-2/h3-4H,1-2H3;1-2H2;1-2H2;2H,1H3. The molecule has 3 heterocycles.